The number of thioether (sulfide) groups is 1. The zero-order valence-corrected chi connectivity index (χ0v) is 16.3. The molecule has 2 aromatic rings. The normalized spacial score (nSPS) is 11.7. The Morgan fingerprint density at radius 1 is 1.07 bits per heavy atom. The molecule has 0 fully saturated rings. The van der Waals surface area contributed by atoms with Crippen LogP contribution >= 0.6 is 11.8 Å². The second-order valence-corrected chi connectivity index (χ2v) is 7.29. The quantitative estimate of drug-likeness (QED) is 0.497. The van der Waals surface area contributed by atoms with Gasteiger partial charge in [-0.2, -0.15) is 0 Å². The Bertz CT molecular complexity index is 784. The summed E-state index contributed by atoms with van der Waals surface area (Å²) in [5.41, 5.74) is 3.74. The second-order valence-electron chi connectivity index (χ2n) is 6.20. The van der Waals surface area contributed by atoms with E-state index in [9.17, 15) is 14.0 Å². The first-order chi connectivity index (χ1) is 12.8. The Labute approximate surface area is 162 Å². The molecule has 0 aliphatic heterocycles. The van der Waals surface area contributed by atoms with E-state index < -0.39 is 0 Å². The standard InChI is InChI=1S/C19H23FN4O2S/c1-13(12-27-17-9-7-14(20)8-10-17)18(25)21-15-5-4-6-16(11-15)22-19(26)23-24(2)3/h4-11,13H,12H2,1-3H3,(H,21,25)(H2,22,23,26)/t13-/m1/s1. The third kappa shape index (κ3) is 7.28. The van der Waals surface area contributed by atoms with E-state index >= 15 is 0 Å². The van der Waals surface area contributed by atoms with Gasteiger partial charge < -0.3 is 10.6 Å². The van der Waals surface area contributed by atoms with Crippen LogP contribution in [-0.2, 0) is 4.79 Å². The molecule has 27 heavy (non-hydrogen) atoms. The summed E-state index contributed by atoms with van der Waals surface area (Å²) in [4.78, 5) is 25.0. The molecule has 0 saturated heterocycles. The van der Waals surface area contributed by atoms with Crippen LogP contribution in [0, 0.1) is 11.7 Å². The van der Waals surface area contributed by atoms with E-state index in [0.29, 0.717) is 17.1 Å². The summed E-state index contributed by atoms with van der Waals surface area (Å²) in [6.07, 6.45) is 0. The van der Waals surface area contributed by atoms with Crippen LogP contribution < -0.4 is 16.1 Å². The van der Waals surface area contributed by atoms with Crippen LogP contribution in [0.5, 0.6) is 0 Å². The van der Waals surface area contributed by atoms with E-state index in [0.717, 1.165) is 4.90 Å². The molecule has 0 unspecified atom stereocenters. The molecule has 0 aliphatic carbocycles. The molecule has 0 radical (unpaired) electrons. The summed E-state index contributed by atoms with van der Waals surface area (Å²) in [6, 6.07) is 12.7. The maximum absolute atomic E-state index is 12.9. The third-order valence-electron chi connectivity index (χ3n) is 3.47. The molecule has 144 valence electrons. The molecule has 0 aliphatic rings. The minimum Gasteiger partial charge on any atom is -0.326 e. The van der Waals surface area contributed by atoms with Gasteiger partial charge in [0.2, 0.25) is 5.91 Å². The van der Waals surface area contributed by atoms with E-state index in [2.05, 4.69) is 16.1 Å². The summed E-state index contributed by atoms with van der Waals surface area (Å²) < 4.78 is 12.9. The van der Waals surface area contributed by atoms with Crippen molar-refractivity contribution in [3.8, 4) is 0 Å². The number of urea groups is 1. The van der Waals surface area contributed by atoms with E-state index in [1.165, 1.54) is 28.9 Å². The molecule has 0 heterocycles. The molecule has 0 bridgehead atoms. The molecule has 8 heteroatoms. The van der Waals surface area contributed by atoms with Gasteiger partial charge in [-0.3, -0.25) is 10.2 Å². The number of anilines is 2. The van der Waals surface area contributed by atoms with Crippen molar-refractivity contribution in [3.63, 3.8) is 0 Å². The summed E-state index contributed by atoms with van der Waals surface area (Å²) in [5.74, 6) is -0.0770. The number of carbonyl (C=O) groups is 2. The highest BCUT2D eigenvalue weighted by molar-refractivity contribution is 7.99. The number of amides is 3. The summed E-state index contributed by atoms with van der Waals surface area (Å²) in [5, 5.41) is 7.07. The Balaban J connectivity index is 1.87. The van der Waals surface area contributed by atoms with Crippen molar-refractivity contribution in [1.82, 2.24) is 10.4 Å². The van der Waals surface area contributed by atoms with Crippen LogP contribution in [-0.4, -0.2) is 36.8 Å². The Morgan fingerprint density at radius 2 is 1.70 bits per heavy atom. The fraction of sp³-hybridized carbons (Fsp3) is 0.263. The highest BCUT2D eigenvalue weighted by atomic mass is 32.2. The van der Waals surface area contributed by atoms with Crippen molar-refractivity contribution in [3.05, 3.63) is 54.3 Å². The molecule has 2 aromatic carbocycles. The van der Waals surface area contributed by atoms with Crippen molar-refractivity contribution in [2.24, 2.45) is 5.92 Å². The van der Waals surface area contributed by atoms with Gasteiger partial charge in [-0.1, -0.05) is 13.0 Å². The monoisotopic (exact) mass is 390 g/mol. The largest absolute Gasteiger partial charge is 0.333 e. The number of halogens is 1. The maximum atomic E-state index is 12.9. The van der Waals surface area contributed by atoms with Gasteiger partial charge >= 0.3 is 6.03 Å². The van der Waals surface area contributed by atoms with Crippen LogP contribution in [0.2, 0.25) is 0 Å². The van der Waals surface area contributed by atoms with Crippen LogP contribution in [0.1, 0.15) is 6.92 Å². The lowest BCUT2D eigenvalue weighted by Gasteiger charge is -2.15. The molecule has 0 saturated carbocycles. The molecule has 3 amide bonds. The average molecular weight is 390 g/mol. The molecule has 1 atom stereocenters. The molecular weight excluding hydrogens is 367 g/mol. The van der Waals surface area contributed by atoms with Crippen molar-refractivity contribution in [2.75, 3.05) is 30.5 Å². The molecule has 2 rings (SSSR count). The Hall–Kier alpha value is -2.58. The third-order valence-corrected chi connectivity index (χ3v) is 4.75. The van der Waals surface area contributed by atoms with Gasteiger partial charge in [-0.15, -0.1) is 11.8 Å². The smallest absolute Gasteiger partial charge is 0.326 e. The van der Waals surface area contributed by atoms with Crippen LogP contribution in [0.4, 0.5) is 20.6 Å². The van der Waals surface area contributed by atoms with E-state index in [1.54, 1.807) is 50.5 Å². The fourth-order valence-corrected chi connectivity index (χ4v) is 3.05. The van der Waals surface area contributed by atoms with Crippen molar-refractivity contribution >= 4 is 35.1 Å². The number of nitrogens with one attached hydrogen (secondary N) is 3. The predicted octanol–water partition coefficient (Wildman–Crippen LogP) is 3.79. The number of benzene rings is 2. The van der Waals surface area contributed by atoms with Crippen LogP contribution in [0.15, 0.2) is 53.4 Å². The van der Waals surface area contributed by atoms with E-state index in [4.69, 9.17) is 0 Å². The molecule has 6 nitrogen and oxygen atoms in total. The minimum atomic E-state index is -0.368. The lowest BCUT2D eigenvalue weighted by Crippen LogP contribution is -2.39. The lowest BCUT2D eigenvalue weighted by atomic mass is 10.2. The number of rotatable bonds is 7. The summed E-state index contributed by atoms with van der Waals surface area (Å²) >= 11 is 1.50. The van der Waals surface area contributed by atoms with Gasteiger partial charge in [-0.05, 0) is 42.5 Å². The highest BCUT2D eigenvalue weighted by Gasteiger charge is 2.14. The van der Waals surface area contributed by atoms with Crippen molar-refractivity contribution < 1.29 is 14.0 Å². The van der Waals surface area contributed by atoms with Gasteiger partial charge in [0, 0.05) is 42.0 Å². The molecule has 0 aromatic heterocycles. The van der Waals surface area contributed by atoms with Gasteiger partial charge in [0.15, 0.2) is 0 Å². The van der Waals surface area contributed by atoms with Gasteiger partial charge in [-0.25, -0.2) is 14.2 Å². The maximum Gasteiger partial charge on any atom is 0.333 e. The molecule has 3 N–H and O–H groups in total. The van der Waals surface area contributed by atoms with Crippen molar-refractivity contribution in [2.45, 2.75) is 11.8 Å². The minimum absolute atomic E-state index is 0.125. The highest BCUT2D eigenvalue weighted by Crippen LogP contribution is 2.22. The predicted molar refractivity (Wildman–Crippen MR) is 107 cm³/mol. The summed E-state index contributed by atoms with van der Waals surface area (Å²) in [7, 11) is 3.42. The number of hydrogen-bond acceptors (Lipinski definition) is 4. The van der Waals surface area contributed by atoms with E-state index in [1.807, 2.05) is 6.92 Å². The fourth-order valence-electron chi connectivity index (χ4n) is 2.13. The van der Waals surface area contributed by atoms with Crippen molar-refractivity contribution in [1.29, 1.82) is 0 Å². The lowest BCUT2D eigenvalue weighted by molar-refractivity contribution is -0.118. The zero-order chi connectivity index (χ0) is 19.8. The van der Waals surface area contributed by atoms with Gasteiger partial charge in [0.25, 0.3) is 0 Å². The van der Waals surface area contributed by atoms with Gasteiger partial charge in [0.1, 0.15) is 5.82 Å². The Morgan fingerprint density at radius 3 is 2.33 bits per heavy atom. The summed E-state index contributed by atoms with van der Waals surface area (Å²) in [6.45, 7) is 1.83. The first-order valence-electron chi connectivity index (χ1n) is 8.38. The van der Waals surface area contributed by atoms with Crippen LogP contribution in [0.25, 0.3) is 0 Å². The first kappa shape index (κ1) is 20.7. The number of nitrogens with zero attached hydrogens (tertiary/aromatic N) is 1. The molecular formula is C19H23FN4O2S. The first-order valence-corrected chi connectivity index (χ1v) is 9.36. The topological polar surface area (TPSA) is 73.5 Å². The SMILES string of the molecule is C[C@H](CSc1ccc(F)cc1)C(=O)Nc1cccc(NC(=O)NN(C)C)c1. The van der Waals surface area contributed by atoms with Crippen LogP contribution in [0.3, 0.4) is 0 Å². The van der Waals surface area contributed by atoms with Gasteiger partial charge in [0.05, 0.1) is 0 Å². The Kier molecular flexibility index (Phi) is 7.63. The number of hydrazine groups is 1. The number of carbonyl (C=O) groups excluding carboxylic acids is 2. The number of hydrogen-bond donors (Lipinski definition) is 3. The van der Waals surface area contributed by atoms with E-state index in [-0.39, 0.29) is 23.7 Å². The zero-order valence-electron chi connectivity index (χ0n) is 15.5. The average Bonchev–Trinajstić information content (AvgIpc) is 2.60. The second kappa shape index (κ2) is 9.94. The molecule has 0 spiro atoms.